The van der Waals surface area contributed by atoms with Crippen molar-refractivity contribution in [1.82, 2.24) is 0 Å². The topological polar surface area (TPSA) is 35.5 Å². The number of benzene rings is 1. The number of hydrogen-bond donors (Lipinski definition) is 0. The molecule has 0 aromatic heterocycles. The summed E-state index contributed by atoms with van der Waals surface area (Å²) in [4.78, 5) is 20.5. The third kappa shape index (κ3) is 3.58. The van der Waals surface area contributed by atoms with E-state index < -0.39 is 5.97 Å². The standard InChI is InChI=1S/C11H13O3/c1-2-3-9-13-14-11(12)10-7-5-4-6-8-10/h4-8H,1-3,9H2. The lowest BCUT2D eigenvalue weighted by atomic mass is 10.2. The summed E-state index contributed by atoms with van der Waals surface area (Å²) in [5, 5.41) is 0. The van der Waals surface area contributed by atoms with E-state index in [1.54, 1.807) is 24.3 Å². The number of unbranched alkanes of at least 4 members (excludes halogenated alkanes) is 1. The molecule has 0 spiro atoms. The van der Waals surface area contributed by atoms with Gasteiger partial charge in [-0.05, 0) is 18.6 Å². The quantitative estimate of drug-likeness (QED) is 0.409. The van der Waals surface area contributed by atoms with E-state index in [9.17, 15) is 4.79 Å². The molecule has 0 atom stereocenters. The minimum Gasteiger partial charge on any atom is -0.293 e. The van der Waals surface area contributed by atoms with Gasteiger partial charge in [0.25, 0.3) is 0 Å². The molecule has 0 saturated carbocycles. The van der Waals surface area contributed by atoms with Crippen molar-refractivity contribution in [2.24, 2.45) is 0 Å². The second kappa shape index (κ2) is 6.16. The highest BCUT2D eigenvalue weighted by Gasteiger charge is 2.05. The highest BCUT2D eigenvalue weighted by Crippen LogP contribution is 2.01. The molecule has 3 heteroatoms. The summed E-state index contributed by atoms with van der Waals surface area (Å²) in [6.45, 7) is 4.03. The highest BCUT2D eigenvalue weighted by atomic mass is 17.2. The van der Waals surface area contributed by atoms with Crippen LogP contribution in [0.5, 0.6) is 0 Å². The Hall–Kier alpha value is -1.35. The Morgan fingerprint density at radius 2 is 2.00 bits per heavy atom. The van der Waals surface area contributed by atoms with Gasteiger partial charge in [0.2, 0.25) is 0 Å². The second-order valence-corrected chi connectivity index (χ2v) is 2.77. The Kier molecular flexibility index (Phi) is 4.72. The molecule has 1 aromatic rings. The largest absolute Gasteiger partial charge is 0.373 e. The summed E-state index contributed by atoms with van der Waals surface area (Å²) in [5.74, 6) is -0.463. The average molecular weight is 193 g/mol. The first-order valence-corrected chi connectivity index (χ1v) is 4.52. The minimum atomic E-state index is -0.463. The number of rotatable bonds is 5. The van der Waals surface area contributed by atoms with Crippen molar-refractivity contribution in [3.05, 3.63) is 42.8 Å². The molecule has 14 heavy (non-hydrogen) atoms. The van der Waals surface area contributed by atoms with Crippen molar-refractivity contribution in [1.29, 1.82) is 0 Å². The van der Waals surface area contributed by atoms with Crippen molar-refractivity contribution in [3.63, 3.8) is 0 Å². The van der Waals surface area contributed by atoms with Crippen LogP contribution in [0.4, 0.5) is 0 Å². The molecule has 0 fully saturated rings. The molecule has 0 N–H and O–H groups in total. The number of carbonyl (C=O) groups excluding carboxylic acids is 1. The molecule has 1 rings (SSSR count). The zero-order valence-electron chi connectivity index (χ0n) is 7.94. The van der Waals surface area contributed by atoms with Crippen molar-refractivity contribution in [2.75, 3.05) is 6.61 Å². The Morgan fingerprint density at radius 3 is 2.64 bits per heavy atom. The molecule has 0 bridgehead atoms. The predicted octanol–water partition coefficient (Wildman–Crippen LogP) is 2.39. The molecule has 1 radical (unpaired) electrons. The monoisotopic (exact) mass is 193 g/mol. The molecule has 0 amide bonds. The summed E-state index contributed by atoms with van der Waals surface area (Å²) in [6, 6.07) is 8.72. The Balaban J connectivity index is 2.29. The Morgan fingerprint density at radius 1 is 1.29 bits per heavy atom. The molecule has 0 unspecified atom stereocenters. The zero-order chi connectivity index (χ0) is 10.2. The van der Waals surface area contributed by atoms with Gasteiger partial charge in [-0.1, -0.05) is 31.5 Å². The number of hydrogen-bond acceptors (Lipinski definition) is 3. The van der Waals surface area contributed by atoms with E-state index >= 15 is 0 Å². The minimum absolute atomic E-state index is 0.391. The molecule has 3 nitrogen and oxygen atoms in total. The number of carbonyl (C=O) groups is 1. The Labute approximate surface area is 83.6 Å². The smallest absolute Gasteiger partial charge is 0.293 e. The van der Waals surface area contributed by atoms with Crippen molar-refractivity contribution < 1.29 is 14.6 Å². The third-order valence-corrected chi connectivity index (χ3v) is 1.62. The maximum Gasteiger partial charge on any atom is 0.373 e. The average Bonchev–Trinajstić information content (AvgIpc) is 2.25. The van der Waals surface area contributed by atoms with Gasteiger partial charge in [-0.25, -0.2) is 4.79 Å². The first kappa shape index (κ1) is 10.7. The molecule has 0 saturated heterocycles. The third-order valence-electron chi connectivity index (χ3n) is 1.62. The summed E-state index contributed by atoms with van der Waals surface area (Å²) in [6.07, 6.45) is 1.55. The lowest BCUT2D eigenvalue weighted by Gasteiger charge is -2.02. The summed E-state index contributed by atoms with van der Waals surface area (Å²) in [7, 11) is 0. The molecular weight excluding hydrogens is 180 g/mol. The summed E-state index contributed by atoms with van der Waals surface area (Å²) >= 11 is 0. The fourth-order valence-electron chi connectivity index (χ4n) is 0.879. The van der Waals surface area contributed by atoms with Crippen LogP contribution in [-0.2, 0) is 9.78 Å². The van der Waals surface area contributed by atoms with Gasteiger partial charge < -0.3 is 0 Å². The van der Waals surface area contributed by atoms with Gasteiger partial charge in [0, 0.05) is 0 Å². The molecular formula is C11H13O3. The van der Waals surface area contributed by atoms with Crippen LogP contribution in [0.15, 0.2) is 30.3 Å². The normalized spacial score (nSPS) is 9.79. The highest BCUT2D eigenvalue weighted by molar-refractivity contribution is 5.88. The van der Waals surface area contributed by atoms with Crippen LogP contribution >= 0.6 is 0 Å². The molecule has 0 heterocycles. The van der Waals surface area contributed by atoms with Gasteiger partial charge in [0.05, 0.1) is 12.2 Å². The van der Waals surface area contributed by atoms with Gasteiger partial charge in [-0.15, -0.1) is 0 Å². The van der Waals surface area contributed by atoms with Gasteiger partial charge >= 0.3 is 5.97 Å². The molecule has 0 aliphatic carbocycles. The van der Waals surface area contributed by atoms with Crippen molar-refractivity contribution in [2.45, 2.75) is 12.8 Å². The van der Waals surface area contributed by atoms with Crippen LogP contribution in [0.3, 0.4) is 0 Å². The maximum absolute atomic E-state index is 11.2. The van der Waals surface area contributed by atoms with Crippen LogP contribution in [0.1, 0.15) is 23.2 Å². The molecule has 0 aliphatic rings. The van der Waals surface area contributed by atoms with E-state index in [0.29, 0.717) is 12.2 Å². The lowest BCUT2D eigenvalue weighted by molar-refractivity contribution is -0.241. The van der Waals surface area contributed by atoms with Gasteiger partial charge in [0.1, 0.15) is 0 Å². The molecule has 0 aliphatic heterocycles. The van der Waals surface area contributed by atoms with Crippen LogP contribution in [0.2, 0.25) is 0 Å². The van der Waals surface area contributed by atoms with E-state index in [0.717, 1.165) is 12.8 Å². The van der Waals surface area contributed by atoms with Crippen molar-refractivity contribution >= 4 is 5.97 Å². The second-order valence-electron chi connectivity index (χ2n) is 2.77. The van der Waals surface area contributed by atoms with E-state index in [-0.39, 0.29) is 0 Å². The van der Waals surface area contributed by atoms with Gasteiger partial charge in [-0.2, -0.15) is 4.89 Å². The maximum atomic E-state index is 11.2. The molecule has 75 valence electrons. The van der Waals surface area contributed by atoms with Crippen molar-refractivity contribution in [3.8, 4) is 0 Å². The van der Waals surface area contributed by atoms with Crippen LogP contribution in [0, 0.1) is 6.92 Å². The first-order chi connectivity index (χ1) is 6.84. The van der Waals surface area contributed by atoms with Crippen LogP contribution in [-0.4, -0.2) is 12.6 Å². The van der Waals surface area contributed by atoms with E-state index in [1.165, 1.54) is 0 Å². The van der Waals surface area contributed by atoms with Crippen LogP contribution in [0.25, 0.3) is 0 Å². The fraction of sp³-hybridized carbons (Fsp3) is 0.273. The lowest BCUT2D eigenvalue weighted by Crippen LogP contribution is -2.06. The molecule has 1 aromatic carbocycles. The van der Waals surface area contributed by atoms with Gasteiger partial charge in [-0.3, -0.25) is 4.89 Å². The fourth-order valence-corrected chi connectivity index (χ4v) is 0.879. The van der Waals surface area contributed by atoms with Crippen LogP contribution < -0.4 is 0 Å². The van der Waals surface area contributed by atoms with Gasteiger partial charge in [0.15, 0.2) is 0 Å². The first-order valence-electron chi connectivity index (χ1n) is 4.52. The Bertz CT molecular complexity index is 269. The predicted molar refractivity (Wildman–Crippen MR) is 52.4 cm³/mol. The zero-order valence-corrected chi connectivity index (χ0v) is 7.94. The van der Waals surface area contributed by atoms with E-state index in [4.69, 9.17) is 4.89 Å². The SMILES string of the molecule is [CH2]CCCOOC(=O)c1ccccc1. The summed E-state index contributed by atoms with van der Waals surface area (Å²) < 4.78 is 0. The summed E-state index contributed by atoms with van der Waals surface area (Å²) in [5.41, 5.74) is 0.488. The van der Waals surface area contributed by atoms with E-state index in [1.807, 2.05) is 6.07 Å². The van der Waals surface area contributed by atoms with E-state index in [2.05, 4.69) is 11.8 Å².